The van der Waals surface area contributed by atoms with E-state index in [1.54, 1.807) is 0 Å². The van der Waals surface area contributed by atoms with Crippen molar-refractivity contribution in [1.29, 1.82) is 0 Å². The monoisotopic (exact) mass is 396 g/mol. The summed E-state index contributed by atoms with van der Waals surface area (Å²) in [5.74, 6) is 0.0690. The molecule has 6 nitrogen and oxygen atoms in total. The first-order chi connectivity index (χ1) is 13.6. The van der Waals surface area contributed by atoms with Crippen LogP contribution in [0.25, 0.3) is 10.2 Å². The second-order valence-corrected chi connectivity index (χ2v) is 8.34. The second-order valence-electron chi connectivity index (χ2n) is 7.31. The van der Waals surface area contributed by atoms with Gasteiger partial charge in [-0.1, -0.05) is 19.1 Å². The molecule has 2 aromatic heterocycles. The first kappa shape index (κ1) is 18.8. The number of aromatic nitrogens is 3. The lowest BCUT2D eigenvalue weighted by Crippen LogP contribution is -2.40. The Morgan fingerprint density at radius 2 is 1.96 bits per heavy atom. The van der Waals surface area contributed by atoms with Crippen LogP contribution in [0, 0.1) is 12.8 Å². The third-order valence-electron chi connectivity index (χ3n) is 5.29. The molecule has 146 valence electrons. The summed E-state index contributed by atoms with van der Waals surface area (Å²) in [5.41, 5.74) is 2.32. The minimum absolute atomic E-state index is 0.0192. The Bertz CT molecular complexity index is 982. The normalized spacial score (nSPS) is 15.3. The molecule has 1 fully saturated rings. The molecule has 1 aliphatic rings. The SMILES string of the molecule is CCCn1cc(C(=O)N2CCC(C(=O)c3nc4ccccc4s3)CC2)c(C)n1. The van der Waals surface area contributed by atoms with Gasteiger partial charge in [0.25, 0.3) is 5.91 Å². The van der Waals surface area contributed by atoms with Crippen molar-refractivity contribution in [3.8, 4) is 0 Å². The molecule has 1 aliphatic heterocycles. The van der Waals surface area contributed by atoms with E-state index >= 15 is 0 Å². The lowest BCUT2D eigenvalue weighted by molar-refractivity contribution is 0.0649. The molecule has 0 unspecified atom stereocenters. The Morgan fingerprint density at radius 1 is 1.21 bits per heavy atom. The highest BCUT2D eigenvalue weighted by Crippen LogP contribution is 2.28. The molecule has 1 saturated heterocycles. The zero-order valence-corrected chi connectivity index (χ0v) is 17.0. The smallest absolute Gasteiger partial charge is 0.257 e. The van der Waals surface area contributed by atoms with Crippen molar-refractivity contribution in [1.82, 2.24) is 19.7 Å². The summed E-state index contributed by atoms with van der Waals surface area (Å²) in [6.45, 7) is 5.97. The number of ketones is 1. The molecule has 3 aromatic rings. The summed E-state index contributed by atoms with van der Waals surface area (Å²) < 4.78 is 2.88. The lowest BCUT2D eigenvalue weighted by atomic mass is 9.92. The summed E-state index contributed by atoms with van der Waals surface area (Å²) in [4.78, 5) is 32.1. The highest BCUT2D eigenvalue weighted by molar-refractivity contribution is 7.20. The molecule has 0 bridgehead atoms. The summed E-state index contributed by atoms with van der Waals surface area (Å²) in [6, 6.07) is 7.82. The molecule has 0 atom stereocenters. The van der Waals surface area contributed by atoms with E-state index in [9.17, 15) is 9.59 Å². The van der Waals surface area contributed by atoms with E-state index in [1.807, 2.05) is 47.0 Å². The maximum Gasteiger partial charge on any atom is 0.257 e. The molecule has 0 N–H and O–H groups in total. The van der Waals surface area contributed by atoms with Crippen LogP contribution in [-0.4, -0.2) is 44.4 Å². The van der Waals surface area contributed by atoms with Gasteiger partial charge in [0.05, 0.1) is 21.5 Å². The highest BCUT2D eigenvalue weighted by Gasteiger charge is 2.30. The number of Topliss-reactive ketones (excluding diaryl/α,β-unsaturated/α-hetero) is 1. The van der Waals surface area contributed by atoms with Crippen LogP contribution in [0.2, 0.25) is 0 Å². The molecule has 0 radical (unpaired) electrons. The van der Waals surface area contributed by atoms with E-state index in [-0.39, 0.29) is 17.6 Å². The third kappa shape index (κ3) is 3.58. The predicted molar refractivity (Wildman–Crippen MR) is 110 cm³/mol. The third-order valence-corrected chi connectivity index (χ3v) is 6.34. The standard InChI is InChI=1S/C21H24N4O2S/c1-3-10-25-13-16(14(2)23-25)21(27)24-11-8-15(9-12-24)19(26)20-22-17-6-4-5-7-18(17)28-20/h4-7,13,15H,3,8-12H2,1-2H3. The van der Waals surface area contributed by atoms with Crippen molar-refractivity contribution in [3.63, 3.8) is 0 Å². The number of benzene rings is 1. The number of aryl methyl sites for hydroxylation is 2. The van der Waals surface area contributed by atoms with E-state index in [1.165, 1.54) is 11.3 Å². The first-order valence-corrected chi connectivity index (χ1v) is 10.6. The molecular weight excluding hydrogens is 372 g/mol. The minimum Gasteiger partial charge on any atom is -0.338 e. The number of nitrogens with zero attached hydrogens (tertiary/aromatic N) is 4. The average molecular weight is 397 g/mol. The van der Waals surface area contributed by atoms with Crippen LogP contribution in [0.15, 0.2) is 30.5 Å². The molecule has 0 saturated carbocycles. The highest BCUT2D eigenvalue weighted by atomic mass is 32.1. The van der Waals surface area contributed by atoms with Gasteiger partial charge in [-0.15, -0.1) is 11.3 Å². The van der Waals surface area contributed by atoms with Gasteiger partial charge in [-0.25, -0.2) is 4.98 Å². The Hall–Kier alpha value is -2.54. The Balaban J connectivity index is 1.41. The molecule has 0 spiro atoms. The van der Waals surface area contributed by atoms with Crippen molar-refractivity contribution < 1.29 is 9.59 Å². The molecule has 0 aliphatic carbocycles. The summed E-state index contributed by atoms with van der Waals surface area (Å²) in [5, 5.41) is 5.01. The Morgan fingerprint density at radius 3 is 2.68 bits per heavy atom. The topological polar surface area (TPSA) is 68.1 Å². The quantitative estimate of drug-likeness (QED) is 0.613. The minimum atomic E-state index is -0.0616. The number of likely N-dealkylation sites (tertiary alicyclic amines) is 1. The van der Waals surface area contributed by atoms with Gasteiger partial charge in [-0.05, 0) is 38.3 Å². The number of fused-ring (bicyclic) bond motifs is 1. The maximum atomic E-state index is 12.9. The summed E-state index contributed by atoms with van der Waals surface area (Å²) >= 11 is 1.46. The number of hydrogen-bond acceptors (Lipinski definition) is 5. The van der Waals surface area contributed by atoms with Crippen molar-refractivity contribution in [2.24, 2.45) is 5.92 Å². The van der Waals surface area contributed by atoms with Crippen LogP contribution in [0.5, 0.6) is 0 Å². The van der Waals surface area contributed by atoms with Gasteiger partial charge in [-0.2, -0.15) is 5.10 Å². The fraction of sp³-hybridized carbons (Fsp3) is 0.429. The molecule has 28 heavy (non-hydrogen) atoms. The molecule has 1 amide bonds. The molecule has 4 rings (SSSR count). The second kappa shape index (κ2) is 7.83. The van der Waals surface area contributed by atoms with Crippen molar-refractivity contribution in [2.75, 3.05) is 13.1 Å². The van der Waals surface area contributed by atoms with Crippen molar-refractivity contribution in [2.45, 2.75) is 39.7 Å². The number of thiazole rings is 1. The fourth-order valence-electron chi connectivity index (χ4n) is 3.74. The Labute approximate surface area is 168 Å². The van der Waals surface area contributed by atoms with Crippen LogP contribution >= 0.6 is 11.3 Å². The zero-order valence-electron chi connectivity index (χ0n) is 16.2. The molecule has 7 heteroatoms. The molecule has 1 aromatic carbocycles. The van der Waals surface area contributed by atoms with Crippen LogP contribution in [0.3, 0.4) is 0 Å². The summed E-state index contributed by atoms with van der Waals surface area (Å²) in [7, 11) is 0. The largest absolute Gasteiger partial charge is 0.338 e. The van der Waals surface area contributed by atoms with Gasteiger partial charge >= 0.3 is 0 Å². The molecular formula is C21H24N4O2S. The number of carbonyl (C=O) groups is 2. The van der Waals surface area contributed by atoms with E-state index in [4.69, 9.17) is 0 Å². The maximum absolute atomic E-state index is 12.9. The van der Waals surface area contributed by atoms with Gasteiger partial charge in [0.2, 0.25) is 0 Å². The van der Waals surface area contributed by atoms with Gasteiger partial charge in [0.15, 0.2) is 10.8 Å². The van der Waals surface area contributed by atoms with Crippen LogP contribution in [0.1, 0.15) is 52.0 Å². The number of piperidine rings is 1. The first-order valence-electron chi connectivity index (χ1n) is 9.80. The average Bonchev–Trinajstić information content (AvgIpc) is 3.30. The Kier molecular flexibility index (Phi) is 5.26. The van der Waals surface area contributed by atoms with E-state index < -0.39 is 0 Å². The number of rotatable bonds is 5. The fourth-order valence-corrected chi connectivity index (χ4v) is 4.72. The number of hydrogen-bond donors (Lipinski definition) is 0. The van der Waals surface area contributed by atoms with Gasteiger partial charge in [0, 0.05) is 31.7 Å². The van der Waals surface area contributed by atoms with Crippen molar-refractivity contribution in [3.05, 3.63) is 46.7 Å². The van der Waals surface area contributed by atoms with E-state index in [0.29, 0.717) is 36.5 Å². The summed E-state index contributed by atoms with van der Waals surface area (Å²) in [6.07, 6.45) is 4.19. The zero-order chi connectivity index (χ0) is 19.7. The van der Waals surface area contributed by atoms with Gasteiger partial charge in [0.1, 0.15) is 0 Å². The van der Waals surface area contributed by atoms with E-state index in [2.05, 4.69) is 17.0 Å². The number of para-hydroxylation sites is 1. The van der Waals surface area contributed by atoms with Gasteiger partial charge < -0.3 is 4.90 Å². The lowest BCUT2D eigenvalue weighted by Gasteiger charge is -2.30. The van der Waals surface area contributed by atoms with Crippen LogP contribution in [-0.2, 0) is 6.54 Å². The number of amides is 1. The predicted octanol–water partition coefficient (Wildman–Crippen LogP) is 3.95. The van der Waals surface area contributed by atoms with Crippen LogP contribution in [0.4, 0.5) is 0 Å². The van der Waals surface area contributed by atoms with E-state index in [0.717, 1.165) is 28.9 Å². The van der Waals surface area contributed by atoms with Crippen LogP contribution < -0.4 is 0 Å². The number of carbonyl (C=O) groups excluding carboxylic acids is 2. The molecule has 3 heterocycles. The van der Waals surface area contributed by atoms with Crippen molar-refractivity contribution >= 4 is 33.2 Å². The van der Waals surface area contributed by atoms with Gasteiger partial charge in [-0.3, -0.25) is 14.3 Å².